The van der Waals surface area contributed by atoms with Gasteiger partial charge >= 0.3 is 0 Å². The maximum Gasteiger partial charge on any atom is 0.253 e. The second-order valence-corrected chi connectivity index (χ2v) is 8.37. The van der Waals surface area contributed by atoms with Crippen LogP contribution in [0.2, 0.25) is 0 Å². The van der Waals surface area contributed by atoms with Crippen LogP contribution < -0.4 is 5.32 Å². The first kappa shape index (κ1) is 20.7. The van der Waals surface area contributed by atoms with Crippen LogP contribution in [-0.2, 0) is 11.3 Å². The lowest BCUT2D eigenvalue weighted by Crippen LogP contribution is -2.25. The summed E-state index contributed by atoms with van der Waals surface area (Å²) >= 11 is 1.53. The average Bonchev–Trinajstić information content (AvgIpc) is 3.51. The van der Waals surface area contributed by atoms with Crippen molar-refractivity contribution in [1.29, 1.82) is 0 Å². The molecular weight excluding hydrogens is 398 g/mol. The number of thiazole rings is 1. The Bertz CT molecular complexity index is 992. The predicted molar refractivity (Wildman–Crippen MR) is 118 cm³/mol. The monoisotopic (exact) mass is 425 g/mol. The van der Waals surface area contributed by atoms with Crippen molar-refractivity contribution in [3.63, 3.8) is 0 Å². The topological polar surface area (TPSA) is 81.9 Å². The summed E-state index contributed by atoms with van der Waals surface area (Å²) in [5.41, 5.74) is 4.18. The van der Waals surface area contributed by atoms with Gasteiger partial charge in [0.1, 0.15) is 10.7 Å². The molecule has 7 nitrogen and oxygen atoms in total. The minimum atomic E-state index is -0.0299. The van der Waals surface area contributed by atoms with E-state index >= 15 is 0 Å². The summed E-state index contributed by atoms with van der Waals surface area (Å²) in [5.74, 6) is -0.0299. The molecule has 0 aromatic carbocycles. The molecule has 0 saturated carbocycles. The van der Waals surface area contributed by atoms with Gasteiger partial charge in [0, 0.05) is 43.2 Å². The Morgan fingerprint density at radius 2 is 2.27 bits per heavy atom. The predicted octanol–water partition coefficient (Wildman–Crippen LogP) is 4.09. The first-order valence-electron chi connectivity index (χ1n) is 10.5. The molecule has 4 heterocycles. The highest BCUT2D eigenvalue weighted by Gasteiger charge is 2.24. The Hall–Kier alpha value is -2.58. The van der Waals surface area contributed by atoms with Crippen molar-refractivity contribution in [2.24, 2.45) is 0 Å². The van der Waals surface area contributed by atoms with E-state index in [1.165, 1.54) is 11.3 Å². The number of rotatable bonds is 8. The molecule has 4 rings (SSSR count). The molecule has 8 heteroatoms. The standard InChI is InChI=1S/C22H27N5O2S/c1-3-4-7-25-21(28)17-11-20(27(15(17)2)13-16-6-5-10-29-16)19-14-30-22(26-19)18-12-23-8-9-24-18/h8-9,11-12,14,16H,3-7,10,13H2,1-2H3,(H,25,28). The van der Waals surface area contributed by atoms with Gasteiger partial charge in [0.25, 0.3) is 5.91 Å². The lowest BCUT2D eigenvalue weighted by Gasteiger charge is -2.15. The number of hydrogen-bond donors (Lipinski definition) is 1. The van der Waals surface area contributed by atoms with Crippen molar-refractivity contribution in [3.05, 3.63) is 41.3 Å². The molecule has 0 aliphatic carbocycles. The highest BCUT2D eigenvalue weighted by Crippen LogP contribution is 2.31. The summed E-state index contributed by atoms with van der Waals surface area (Å²) < 4.78 is 8.05. The number of carbonyl (C=O) groups is 1. The lowest BCUT2D eigenvalue weighted by atomic mass is 10.2. The maximum atomic E-state index is 12.8. The van der Waals surface area contributed by atoms with Crippen molar-refractivity contribution in [3.8, 4) is 22.1 Å². The normalized spacial score (nSPS) is 16.1. The molecule has 0 radical (unpaired) electrons. The number of aromatic nitrogens is 4. The van der Waals surface area contributed by atoms with Gasteiger partial charge in [-0.05, 0) is 32.3 Å². The van der Waals surface area contributed by atoms with Crippen LogP contribution >= 0.6 is 11.3 Å². The Labute approximate surface area is 180 Å². The Kier molecular flexibility index (Phi) is 6.54. The second kappa shape index (κ2) is 9.49. The van der Waals surface area contributed by atoms with Crippen molar-refractivity contribution in [2.45, 2.75) is 52.2 Å². The third-order valence-electron chi connectivity index (χ3n) is 5.39. The van der Waals surface area contributed by atoms with E-state index in [4.69, 9.17) is 9.72 Å². The average molecular weight is 426 g/mol. The van der Waals surface area contributed by atoms with Gasteiger partial charge in [-0.25, -0.2) is 4.98 Å². The number of nitrogens with zero attached hydrogens (tertiary/aromatic N) is 4. The minimum Gasteiger partial charge on any atom is -0.376 e. The van der Waals surface area contributed by atoms with Crippen LogP contribution in [-0.4, -0.2) is 44.7 Å². The van der Waals surface area contributed by atoms with E-state index in [1.54, 1.807) is 18.6 Å². The first-order chi connectivity index (χ1) is 14.7. The third kappa shape index (κ3) is 4.44. The van der Waals surface area contributed by atoms with Crippen molar-refractivity contribution in [2.75, 3.05) is 13.2 Å². The van der Waals surface area contributed by atoms with E-state index in [2.05, 4.69) is 26.8 Å². The van der Waals surface area contributed by atoms with Gasteiger partial charge in [0.05, 0.1) is 29.3 Å². The largest absolute Gasteiger partial charge is 0.376 e. The summed E-state index contributed by atoms with van der Waals surface area (Å²) in [6.07, 6.45) is 9.35. The van der Waals surface area contributed by atoms with Gasteiger partial charge < -0.3 is 14.6 Å². The molecule has 1 aliphatic heterocycles. The van der Waals surface area contributed by atoms with Crippen LogP contribution in [0.25, 0.3) is 22.1 Å². The lowest BCUT2D eigenvalue weighted by molar-refractivity contribution is 0.0941. The Morgan fingerprint density at radius 3 is 3.00 bits per heavy atom. The zero-order chi connectivity index (χ0) is 20.9. The zero-order valence-corrected chi connectivity index (χ0v) is 18.2. The smallest absolute Gasteiger partial charge is 0.253 e. The summed E-state index contributed by atoms with van der Waals surface area (Å²) in [6, 6.07) is 1.96. The molecule has 1 saturated heterocycles. The molecule has 1 amide bonds. The quantitative estimate of drug-likeness (QED) is 0.550. The molecular formula is C22H27N5O2S. The number of nitrogens with one attached hydrogen (secondary N) is 1. The molecule has 1 atom stereocenters. The van der Waals surface area contributed by atoms with E-state index < -0.39 is 0 Å². The molecule has 158 valence electrons. The fourth-order valence-corrected chi connectivity index (χ4v) is 4.48. The molecule has 3 aromatic rings. The number of hydrogen-bond acceptors (Lipinski definition) is 6. The fourth-order valence-electron chi connectivity index (χ4n) is 3.71. The highest BCUT2D eigenvalue weighted by atomic mass is 32.1. The Balaban J connectivity index is 1.67. The van der Waals surface area contributed by atoms with Gasteiger partial charge in [-0.15, -0.1) is 11.3 Å². The number of carbonyl (C=O) groups excluding carboxylic acids is 1. The van der Waals surface area contributed by atoms with Crippen molar-refractivity contribution in [1.82, 2.24) is 24.8 Å². The van der Waals surface area contributed by atoms with E-state index in [-0.39, 0.29) is 12.0 Å². The summed E-state index contributed by atoms with van der Waals surface area (Å²) in [7, 11) is 0. The molecule has 0 spiro atoms. The molecule has 3 aromatic heterocycles. The fraction of sp³-hybridized carbons (Fsp3) is 0.455. The van der Waals surface area contributed by atoms with E-state index in [9.17, 15) is 4.79 Å². The molecule has 1 aliphatic rings. The number of ether oxygens (including phenoxy) is 1. The first-order valence-corrected chi connectivity index (χ1v) is 11.4. The maximum absolute atomic E-state index is 12.8. The molecule has 0 bridgehead atoms. The SMILES string of the molecule is CCCCNC(=O)c1cc(-c2csc(-c3cnccn3)n2)n(CC2CCCO2)c1C. The minimum absolute atomic E-state index is 0.0299. The van der Waals surface area contributed by atoms with Crippen molar-refractivity contribution < 1.29 is 9.53 Å². The van der Waals surface area contributed by atoms with Gasteiger partial charge in [-0.1, -0.05) is 13.3 Å². The van der Waals surface area contributed by atoms with Crippen LogP contribution in [0.4, 0.5) is 0 Å². The van der Waals surface area contributed by atoms with Gasteiger partial charge in [-0.2, -0.15) is 0 Å². The molecule has 30 heavy (non-hydrogen) atoms. The van der Waals surface area contributed by atoms with Crippen LogP contribution in [0.3, 0.4) is 0 Å². The van der Waals surface area contributed by atoms with Crippen LogP contribution in [0.15, 0.2) is 30.0 Å². The van der Waals surface area contributed by atoms with Crippen LogP contribution in [0, 0.1) is 6.92 Å². The van der Waals surface area contributed by atoms with E-state index in [0.717, 1.165) is 66.6 Å². The summed E-state index contributed by atoms with van der Waals surface area (Å²) in [6.45, 7) is 6.34. The van der Waals surface area contributed by atoms with E-state index in [1.807, 2.05) is 18.4 Å². The molecule has 1 unspecified atom stereocenters. The van der Waals surface area contributed by atoms with Crippen molar-refractivity contribution >= 4 is 17.2 Å². The summed E-state index contributed by atoms with van der Waals surface area (Å²) in [4.78, 5) is 26.1. The van der Waals surface area contributed by atoms with Crippen LogP contribution in [0.5, 0.6) is 0 Å². The summed E-state index contributed by atoms with van der Waals surface area (Å²) in [5, 5.41) is 5.87. The molecule has 1 N–H and O–H groups in total. The van der Waals surface area contributed by atoms with Gasteiger partial charge in [-0.3, -0.25) is 14.8 Å². The third-order valence-corrected chi connectivity index (χ3v) is 6.25. The van der Waals surface area contributed by atoms with Gasteiger partial charge in [0.2, 0.25) is 0 Å². The second-order valence-electron chi connectivity index (χ2n) is 7.51. The van der Waals surface area contributed by atoms with E-state index in [0.29, 0.717) is 12.1 Å². The number of unbranched alkanes of at least 4 members (excludes halogenated alkanes) is 1. The number of amides is 1. The van der Waals surface area contributed by atoms with Crippen LogP contribution in [0.1, 0.15) is 48.7 Å². The molecule has 1 fully saturated rings. The van der Waals surface area contributed by atoms with Gasteiger partial charge in [0.15, 0.2) is 0 Å². The highest BCUT2D eigenvalue weighted by molar-refractivity contribution is 7.13. The Morgan fingerprint density at radius 1 is 1.37 bits per heavy atom. The zero-order valence-electron chi connectivity index (χ0n) is 17.4.